The normalized spacial score (nSPS) is 15.8. The molecule has 0 aliphatic carbocycles. The van der Waals surface area contributed by atoms with Gasteiger partial charge in [-0.15, -0.1) is 11.8 Å². The summed E-state index contributed by atoms with van der Waals surface area (Å²) in [5, 5.41) is 18.7. The Morgan fingerprint density at radius 1 is 0.898 bits per heavy atom. The van der Waals surface area contributed by atoms with Crippen molar-refractivity contribution in [2.75, 3.05) is 74.6 Å². The molecule has 0 bridgehead atoms. The smallest absolute Gasteiger partial charge is 0.294 e. The average molecular weight is 856 g/mol. The molecule has 16 heteroatoms. The summed E-state index contributed by atoms with van der Waals surface area (Å²) in [5.41, 5.74) is 3.89. The van der Waals surface area contributed by atoms with E-state index < -0.39 is 37.5 Å². The number of nitrogens with two attached hydrogens (primary N) is 1. The fourth-order valence-electron chi connectivity index (χ4n) is 7.45. The van der Waals surface area contributed by atoms with Gasteiger partial charge in [0.15, 0.2) is 0 Å². The van der Waals surface area contributed by atoms with Crippen LogP contribution in [0.1, 0.15) is 22.3 Å². The van der Waals surface area contributed by atoms with Gasteiger partial charge in [0.25, 0.3) is 11.6 Å². The maximum absolute atomic E-state index is 14.8. The van der Waals surface area contributed by atoms with E-state index in [-0.39, 0.29) is 5.69 Å². The van der Waals surface area contributed by atoms with Crippen molar-refractivity contribution >= 4 is 56.4 Å². The molecular weight excluding hydrogens is 810 g/mol. The van der Waals surface area contributed by atoms with Crippen molar-refractivity contribution in [1.29, 1.82) is 0 Å². The summed E-state index contributed by atoms with van der Waals surface area (Å²) in [5.74, 6) is -0.00187. The van der Waals surface area contributed by atoms with E-state index >= 15 is 0 Å². The number of rotatable bonds is 15. The first kappa shape index (κ1) is 42.3. The van der Waals surface area contributed by atoms with Gasteiger partial charge in [-0.2, -0.15) is 0 Å². The van der Waals surface area contributed by atoms with Gasteiger partial charge in [-0.25, -0.2) is 13.6 Å². The minimum atomic E-state index is -4.26. The number of hydrogen-bond acceptors (Lipinski definition) is 11. The third-order valence-electron chi connectivity index (χ3n) is 10.6. The summed E-state index contributed by atoms with van der Waals surface area (Å²) in [6, 6.07) is 31.9. The molecule has 13 nitrogen and oxygen atoms in total. The van der Waals surface area contributed by atoms with Gasteiger partial charge < -0.3 is 9.64 Å². The summed E-state index contributed by atoms with van der Waals surface area (Å²) in [6.07, 6.45) is 2.31. The van der Waals surface area contributed by atoms with Crippen molar-refractivity contribution in [1.82, 2.24) is 14.8 Å². The number of piperazine rings is 1. The topological polar surface area (TPSA) is 155 Å². The second kappa shape index (κ2) is 19.5. The molecule has 2 saturated heterocycles. The lowest BCUT2D eigenvalue weighted by Gasteiger charge is -2.36. The van der Waals surface area contributed by atoms with Crippen LogP contribution >= 0.6 is 23.4 Å². The van der Waals surface area contributed by atoms with Gasteiger partial charge in [-0.3, -0.25) is 34.6 Å². The molecule has 59 heavy (non-hydrogen) atoms. The first-order chi connectivity index (χ1) is 28.5. The molecule has 3 heterocycles. The molecule has 0 unspecified atom stereocenters. The number of anilines is 2. The number of amides is 1. The van der Waals surface area contributed by atoms with E-state index in [1.54, 1.807) is 30.1 Å². The van der Waals surface area contributed by atoms with Crippen LogP contribution in [0.5, 0.6) is 0 Å². The number of ether oxygens (including phenoxy) is 1. The Morgan fingerprint density at radius 3 is 2.29 bits per heavy atom. The van der Waals surface area contributed by atoms with E-state index in [1.165, 1.54) is 17.0 Å². The van der Waals surface area contributed by atoms with E-state index in [4.69, 9.17) is 21.5 Å². The number of morpholine rings is 1. The van der Waals surface area contributed by atoms with Crippen LogP contribution in [0.2, 0.25) is 5.02 Å². The molecule has 0 spiro atoms. The molecule has 1 atom stereocenters. The second-order valence-electron chi connectivity index (χ2n) is 14.5. The number of nitrogens with zero attached hydrogens (tertiary/aromatic N) is 6. The van der Waals surface area contributed by atoms with E-state index in [9.17, 15) is 23.3 Å². The van der Waals surface area contributed by atoms with Crippen LogP contribution in [-0.2, 0) is 21.3 Å². The molecule has 0 saturated carbocycles. The predicted octanol–water partition coefficient (Wildman–Crippen LogP) is 6.81. The number of thioether (sulfide) groups is 1. The van der Waals surface area contributed by atoms with Gasteiger partial charge in [0.1, 0.15) is 5.69 Å². The van der Waals surface area contributed by atoms with E-state index in [0.717, 1.165) is 79.3 Å². The quantitative estimate of drug-likeness (QED) is 0.0671. The average Bonchev–Trinajstić information content (AvgIpc) is 3.25. The number of carbonyl (C=O) groups is 1. The number of benzene rings is 4. The number of hydrogen-bond donors (Lipinski definition) is 1. The highest BCUT2D eigenvalue weighted by atomic mass is 35.5. The standard InChI is InChI=1S/C43H46ClN7O6S2/c44-35-12-8-32(9-13-35)42-34(5-4-19-46-42)30-48-21-23-49(24-22-48)36-14-10-33(11-15-36)43(52)50(40-17-16-39(59(45,55)56)29-41(40)51(53)54)37(18-20-47-25-27-57-28-26-47)31-58-38-6-2-1-3-7-38/h1-17,19,29,37H,18,20-28,30-31H2,(H2,45,55,56)/t37-/m1/s1. The third-order valence-corrected chi connectivity index (χ3v) is 13.0. The number of halogens is 1. The Labute approximate surface area is 353 Å². The fraction of sp³-hybridized carbons (Fsp3) is 0.302. The lowest BCUT2D eigenvalue weighted by Crippen LogP contribution is -2.46. The Balaban J connectivity index is 1.12. The Kier molecular flexibility index (Phi) is 13.9. The van der Waals surface area contributed by atoms with Crippen LogP contribution in [0.4, 0.5) is 17.1 Å². The summed E-state index contributed by atoms with van der Waals surface area (Å²) >= 11 is 7.69. The van der Waals surface area contributed by atoms with Gasteiger partial charge in [-0.05, 0) is 78.7 Å². The largest absolute Gasteiger partial charge is 0.379 e. The molecule has 2 fully saturated rings. The Morgan fingerprint density at radius 2 is 1.61 bits per heavy atom. The minimum absolute atomic E-state index is 0.000994. The summed E-state index contributed by atoms with van der Waals surface area (Å²) in [4.78, 5) is 40.5. The van der Waals surface area contributed by atoms with Gasteiger partial charge in [0, 0.05) is 103 Å². The number of pyridine rings is 1. The molecule has 1 amide bonds. The molecule has 7 rings (SSSR count). The van der Waals surface area contributed by atoms with Crippen molar-refractivity contribution < 1.29 is 22.9 Å². The minimum Gasteiger partial charge on any atom is -0.379 e. The molecule has 1 aromatic heterocycles. The molecule has 2 aliphatic rings. The zero-order valence-electron chi connectivity index (χ0n) is 32.4. The van der Waals surface area contributed by atoms with E-state index in [1.807, 2.05) is 72.8 Å². The fourth-order valence-corrected chi connectivity index (χ4v) is 9.16. The number of nitro groups is 1. The highest BCUT2D eigenvalue weighted by Crippen LogP contribution is 2.36. The van der Waals surface area contributed by atoms with E-state index in [2.05, 4.69) is 25.8 Å². The van der Waals surface area contributed by atoms with Crippen LogP contribution < -0.4 is 14.9 Å². The molecule has 5 aromatic rings. The molecule has 2 aliphatic heterocycles. The summed E-state index contributed by atoms with van der Waals surface area (Å²) < 4.78 is 30.1. The number of primary sulfonamides is 1. The number of sulfonamides is 1. The second-order valence-corrected chi connectivity index (χ2v) is 17.6. The summed E-state index contributed by atoms with van der Waals surface area (Å²) in [7, 11) is -4.26. The Hall–Kier alpha value is -4.87. The van der Waals surface area contributed by atoms with Crippen LogP contribution in [0, 0.1) is 10.1 Å². The first-order valence-electron chi connectivity index (χ1n) is 19.4. The maximum atomic E-state index is 14.8. The van der Waals surface area contributed by atoms with Gasteiger partial charge in [0.2, 0.25) is 10.0 Å². The van der Waals surface area contributed by atoms with Crippen molar-refractivity contribution in [2.45, 2.75) is 28.8 Å². The van der Waals surface area contributed by atoms with Crippen LogP contribution in [0.15, 0.2) is 125 Å². The van der Waals surface area contributed by atoms with Crippen LogP contribution in [0.3, 0.4) is 0 Å². The Bertz CT molecular complexity index is 2330. The maximum Gasteiger partial charge on any atom is 0.294 e. The molecule has 0 radical (unpaired) electrons. The van der Waals surface area contributed by atoms with Gasteiger partial charge in [0.05, 0.1) is 28.7 Å². The van der Waals surface area contributed by atoms with Crippen molar-refractivity contribution in [3.63, 3.8) is 0 Å². The molecule has 2 N–H and O–H groups in total. The van der Waals surface area contributed by atoms with Crippen LogP contribution in [0.25, 0.3) is 11.3 Å². The zero-order chi connectivity index (χ0) is 41.4. The molecule has 4 aromatic carbocycles. The molecular formula is C43H46ClN7O6S2. The SMILES string of the molecule is NS(=O)(=O)c1ccc(N(C(=O)c2ccc(N3CCN(Cc4cccnc4-c4ccc(Cl)cc4)CC3)cc2)[C@H](CCN2CCOCC2)CSc2ccccc2)c([N+](=O)[O-])c1. The highest BCUT2D eigenvalue weighted by Gasteiger charge is 2.33. The van der Waals surface area contributed by atoms with Crippen LogP contribution in [-0.4, -0.2) is 105 Å². The first-order valence-corrected chi connectivity index (χ1v) is 22.3. The number of aromatic nitrogens is 1. The number of nitro benzene ring substituents is 1. The van der Waals surface area contributed by atoms with Gasteiger partial charge in [-0.1, -0.05) is 48.0 Å². The van der Waals surface area contributed by atoms with Gasteiger partial charge >= 0.3 is 0 Å². The molecule has 308 valence electrons. The monoisotopic (exact) mass is 855 g/mol. The number of carbonyl (C=O) groups excluding carboxylic acids is 1. The lowest BCUT2D eigenvalue weighted by atomic mass is 10.0. The summed E-state index contributed by atoms with van der Waals surface area (Å²) in [6.45, 7) is 7.26. The predicted molar refractivity (Wildman–Crippen MR) is 233 cm³/mol. The lowest BCUT2D eigenvalue weighted by molar-refractivity contribution is -0.384. The van der Waals surface area contributed by atoms with E-state index in [0.29, 0.717) is 42.5 Å². The highest BCUT2D eigenvalue weighted by molar-refractivity contribution is 7.99. The van der Waals surface area contributed by atoms with Crippen molar-refractivity contribution in [3.05, 3.63) is 142 Å². The zero-order valence-corrected chi connectivity index (χ0v) is 34.8. The van der Waals surface area contributed by atoms with Crippen molar-refractivity contribution in [2.24, 2.45) is 5.14 Å². The van der Waals surface area contributed by atoms with Crippen molar-refractivity contribution in [3.8, 4) is 11.3 Å². The third kappa shape index (κ3) is 10.9.